The maximum absolute atomic E-state index is 4.45. The Morgan fingerprint density at radius 2 is 1.44 bits per heavy atom. The summed E-state index contributed by atoms with van der Waals surface area (Å²) in [6, 6.07) is 29.9. The topological polar surface area (TPSA) is 25.2 Å². The Morgan fingerprint density at radius 3 is 2.34 bits per heavy atom. The van der Waals surface area contributed by atoms with Gasteiger partial charge < -0.3 is 0 Å². The minimum absolute atomic E-state index is 0.320. The Morgan fingerprint density at radius 1 is 0.640 bits per heavy atom. The number of allylic oxidation sites excluding steroid dienone is 7. The minimum Gasteiger partial charge on any atom is -0.269 e. The predicted octanol–water partition coefficient (Wildman–Crippen LogP) is 12.5. The second kappa shape index (κ2) is 13.2. The van der Waals surface area contributed by atoms with Crippen LogP contribution >= 0.6 is 0 Å². The SMILES string of the molecule is CC1c2c3c(c4ccccc4c2C=CC1c1cccc(C2=C(c4cc(-c5ccncc5)cc(C5C=CN=CCC5)c4)CCC=C2)c1)C=CCC3. The lowest BCUT2D eigenvalue weighted by Crippen LogP contribution is -2.16. The molecule has 0 spiro atoms. The first-order valence-corrected chi connectivity index (χ1v) is 18.4. The van der Waals surface area contributed by atoms with Gasteiger partial charge in [-0.3, -0.25) is 9.98 Å². The first-order chi connectivity index (χ1) is 24.7. The Hall–Kier alpha value is -5.34. The number of hydrogen-bond acceptors (Lipinski definition) is 2. The van der Waals surface area contributed by atoms with Crippen LogP contribution in [-0.2, 0) is 6.42 Å². The third-order valence-corrected chi connectivity index (χ3v) is 11.4. The fourth-order valence-corrected chi connectivity index (χ4v) is 8.92. The van der Waals surface area contributed by atoms with Crippen LogP contribution in [0.4, 0.5) is 0 Å². The Labute approximate surface area is 296 Å². The molecule has 244 valence electrons. The molecule has 9 rings (SSSR count). The van der Waals surface area contributed by atoms with Crippen molar-refractivity contribution in [1.29, 1.82) is 0 Å². The molecule has 1 aromatic heterocycles. The monoisotopic (exact) mass is 646 g/mol. The highest BCUT2D eigenvalue weighted by atomic mass is 14.7. The molecule has 0 bridgehead atoms. The van der Waals surface area contributed by atoms with E-state index in [9.17, 15) is 0 Å². The van der Waals surface area contributed by atoms with Gasteiger partial charge in [0.25, 0.3) is 0 Å². The van der Waals surface area contributed by atoms with Gasteiger partial charge in [0.15, 0.2) is 0 Å². The van der Waals surface area contributed by atoms with Gasteiger partial charge in [-0.25, -0.2) is 0 Å². The Bertz CT molecular complexity index is 2290. The summed E-state index contributed by atoms with van der Waals surface area (Å²) < 4.78 is 0. The molecular formula is C48H42N2. The van der Waals surface area contributed by atoms with Crippen molar-refractivity contribution < 1.29 is 0 Å². The zero-order valence-electron chi connectivity index (χ0n) is 28.7. The van der Waals surface area contributed by atoms with E-state index in [2.05, 4.69) is 138 Å². The maximum Gasteiger partial charge on any atom is 0.0273 e. The molecule has 0 fully saturated rings. The number of fused-ring (bicyclic) bond motifs is 6. The average Bonchev–Trinajstić information content (AvgIpc) is 3.48. The van der Waals surface area contributed by atoms with Gasteiger partial charge in [0.1, 0.15) is 0 Å². The molecule has 2 heterocycles. The van der Waals surface area contributed by atoms with E-state index in [1.165, 1.54) is 66.4 Å². The van der Waals surface area contributed by atoms with Gasteiger partial charge in [0.05, 0.1) is 0 Å². The lowest BCUT2D eigenvalue weighted by atomic mass is 9.71. The van der Waals surface area contributed by atoms with E-state index in [1.54, 1.807) is 11.1 Å². The third kappa shape index (κ3) is 5.53. The molecule has 4 aromatic carbocycles. The van der Waals surface area contributed by atoms with Gasteiger partial charge in [-0.2, -0.15) is 0 Å². The van der Waals surface area contributed by atoms with Gasteiger partial charge in [-0.1, -0.05) is 110 Å². The molecule has 0 amide bonds. The van der Waals surface area contributed by atoms with Gasteiger partial charge in [0.2, 0.25) is 0 Å². The third-order valence-electron chi connectivity index (χ3n) is 11.4. The van der Waals surface area contributed by atoms with E-state index in [0.717, 1.165) is 38.5 Å². The molecule has 3 unspecified atom stereocenters. The van der Waals surface area contributed by atoms with Crippen molar-refractivity contribution in [3.8, 4) is 11.1 Å². The van der Waals surface area contributed by atoms with E-state index in [4.69, 9.17) is 0 Å². The number of aliphatic imine (C=N–C) groups is 1. The first-order valence-electron chi connectivity index (χ1n) is 18.4. The highest BCUT2D eigenvalue weighted by Crippen LogP contribution is 2.48. The second-order valence-electron chi connectivity index (χ2n) is 14.3. The van der Waals surface area contributed by atoms with E-state index in [0.29, 0.717) is 17.8 Å². The largest absolute Gasteiger partial charge is 0.269 e. The van der Waals surface area contributed by atoms with Crippen molar-refractivity contribution >= 4 is 40.3 Å². The van der Waals surface area contributed by atoms with E-state index in [-0.39, 0.29) is 0 Å². The van der Waals surface area contributed by atoms with Crippen molar-refractivity contribution in [2.45, 2.75) is 63.2 Å². The molecule has 0 N–H and O–H groups in total. The van der Waals surface area contributed by atoms with Crippen molar-refractivity contribution in [2.24, 2.45) is 4.99 Å². The zero-order valence-corrected chi connectivity index (χ0v) is 28.7. The van der Waals surface area contributed by atoms with Crippen LogP contribution in [0.2, 0.25) is 0 Å². The Balaban J connectivity index is 1.14. The quantitative estimate of drug-likeness (QED) is 0.186. The van der Waals surface area contributed by atoms with Crippen LogP contribution in [0, 0.1) is 0 Å². The number of nitrogens with zero attached hydrogens (tertiary/aromatic N) is 2. The summed E-state index contributed by atoms with van der Waals surface area (Å²) in [4.78, 5) is 8.75. The molecular weight excluding hydrogens is 605 g/mol. The van der Waals surface area contributed by atoms with Crippen molar-refractivity contribution in [2.75, 3.05) is 0 Å². The van der Waals surface area contributed by atoms with Crippen LogP contribution in [-0.4, -0.2) is 11.2 Å². The molecule has 3 atom stereocenters. The van der Waals surface area contributed by atoms with Crippen LogP contribution in [0.5, 0.6) is 0 Å². The summed E-state index contributed by atoms with van der Waals surface area (Å²) in [7, 11) is 0. The summed E-state index contributed by atoms with van der Waals surface area (Å²) in [6.07, 6.45) is 30.8. The lowest BCUT2D eigenvalue weighted by molar-refractivity contribution is 0.660. The lowest BCUT2D eigenvalue weighted by Gasteiger charge is -2.33. The van der Waals surface area contributed by atoms with Gasteiger partial charge in [-0.05, 0) is 140 Å². The molecule has 2 heteroatoms. The van der Waals surface area contributed by atoms with Gasteiger partial charge in [-0.15, -0.1) is 0 Å². The molecule has 2 nitrogen and oxygen atoms in total. The van der Waals surface area contributed by atoms with Crippen molar-refractivity contribution in [1.82, 2.24) is 4.98 Å². The highest BCUT2D eigenvalue weighted by molar-refractivity contribution is 6.00. The standard InChI is InChI=1S/C48H42N2/c1-32-40(19-20-47-45-17-5-4-15-43(45)44-16-6-7-18-46(44)48(32)47)35-10-8-11-36(28-35)41-13-2-3-14-42(41)39-30-37(33-12-9-24-49-25-21-33)29-38(31-39)34-22-26-50-27-23-34/h2,4-6,8,10-11,13,15-17,19-33,40H,3,7,9,12,14,18H2,1H3. The normalized spacial score (nSPS) is 20.9. The van der Waals surface area contributed by atoms with Crippen LogP contribution in [0.3, 0.4) is 0 Å². The fourth-order valence-electron chi connectivity index (χ4n) is 8.92. The molecule has 5 aromatic rings. The molecule has 4 aliphatic rings. The van der Waals surface area contributed by atoms with Crippen molar-refractivity contribution in [3.05, 3.63) is 172 Å². The highest BCUT2D eigenvalue weighted by Gasteiger charge is 2.30. The zero-order chi connectivity index (χ0) is 33.4. The Kier molecular flexibility index (Phi) is 8.09. The smallest absolute Gasteiger partial charge is 0.0273 e. The number of hydrogen-bond donors (Lipinski definition) is 0. The molecule has 0 radical (unpaired) electrons. The summed E-state index contributed by atoms with van der Waals surface area (Å²) >= 11 is 0. The second-order valence-corrected chi connectivity index (χ2v) is 14.3. The first kappa shape index (κ1) is 30.7. The number of aromatic nitrogens is 1. The van der Waals surface area contributed by atoms with Gasteiger partial charge in [0, 0.05) is 36.6 Å². The molecule has 3 aliphatic carbocycles. The summed E-state index contributed by atoms with van der Waals surface area (Å²) in [6.45, 7) is 2.46. The summed E-state index contributed by atoms with van der Waals surface area (Å²) in [5, 5.41) is 2.77. The van der Waals surface area contributed by atoms with Gasteiger partial charge >= 0.3 is 0 Å². The number of rotatable bonds is 5. The molecule has 0 saturated carbocycles. The fraction of sp³-hybridized carbons (Fsp3) is 0.208. The number of benzene rings is 4. The van der Waals surface area contributed by atoms with Crippen LogP contribution < -0.4 is 0 Å². The summed E-state index contributed by atoms with van der Waals surface area (Å²) in [5.41, 5.74) is 16.6. The molecule has 0 saturated heterocycles. The predicted molar refractivity (Wildman–Crippen MR) is 212 cm³/mol. The van der Waals surface area contributed by atoms with E-state index < -0.39 is 0 Å². The minimum atomic E-state index is 0.320. The maximum atomic E-state index is 4.45. The molecule has 50 heavy (non-hydrogen) atoms. The van der Waals surface area contributed by atoms with E-state index in [1.807, 2.05) is 24.8 Å². The van der Waals surface area contributed by atoms with Crippen LogP contribution in [0.15, 0.2) is 133 Å². The van der Waals surface area contributed by atoms with E-state index >= 15 is 0 Å². The number of pyridine rings is 1. The van der Waals surface area contributed by atoms with Crippen LogP contribution in [0.25, 0.3) is 45.2 Å². The molecule has 1 aliphatic heterocycles. The average molecular weight is 647 g/mol. The van der Waals surface area contributed by atoms with Crippen LogP contribution in [0.1, 0.15) is 101 Å². The van der Waals surface area contributed by atoms with Crippen molar-refractivity contribution in [3.63, 3.8) is 0 Å². The summed E-state index contributed by atoms with van der Waals surface area (Å²) in [5.74, 6) is 1.05.